The Morgan fingerprint density at radius 3 is 2.76 bits per heavy atom. The number of phenolic OH excluding ortho intramolecular Hbond substituents is 1. The number of ketones is 1. The second kappa shape index (κ2) is 8.52. The largest absolute Gasteiger partial charge is 0.504 e. The highest BCUT2D eigenvalue weighted by Crippen LogP contribution is 2.64. The minimum Gasteiger partial charge on any atom is -0.504 e. The van der Waals surface area contributed by atoms with Crippen LogP contribution in [0.1, 0.15) is 67.7 Å². The van der Waals surface area contributed by atoms with Gasteiger partial charge in [0.05, 0.1) is 11.0 Å². The Morgan fingerprint density at radius 1 is 1.16 bits per heavy atom. The second-order valence-corrected chi connectivity index (χ2v) is 12.1. The van der Waals surface area contributed by atoms with Crippen molar-refractivity contribution in [2.45, 2.75) is 80.6 Å². The summed E-state index contributed by atoms with van der Waals surface area (Å²) in [5.41, 5.74) is 1.81. The third-order valence-corrected chi connectivity index (χ3v) is 10.1. The predicted molar refractivity (Wildman–Crippen MR) is 139 cm³/mol. The Bertz CT molecular complexity index is 1220. The van der Waals surface area contributed by atoms with Crippen LogP contribution >= 0.6 is 0 Å². The fourth-order valence-corrected chi connectivity index (χ4v) is 8.17. The summed E-state index contributed by atoms with van der Waals surface area (Å²) in [5, 5.41) is 22.3. The molecule has 7 heteroatoms. The van der Waals surface area contributed by atoms with Crippen LogP contribution in [0.2, 0.25) is 0 Å². The lowest BCUT2D eigenvalue weighted by Crippen LogP contribution is -2.76. The Balaban J connectivity index is 0.000000162. The maximum Gasteiger partial charge on any atom is 0.174 e. The number of rotatable bonds is 3. The van der Waals surface area contributed by atoms with Crippen molar-refractivity contribution in [3.8, 4) is 11.5 Å². The number of carbonyl (C=O) groups excluding carboxylic acids is 1. The number of phenols is 1. The van der Waals surface area contributed by atoms with Gasteiger partial charge in [0.15, 0.2) is 23.4 Å². The van der Waals surface area contributed by atoms with Crippen molar-refractivity contribution in [2.75, 3.05) is 26.7 Å². The maximum atomic E-state index is 12.7. The molecule has 2 aromatic rings. The molecule has 8 rings (SSSR count). The number of hydrogen-bond donors (Lipinski definition) is 2. The van der Waals surface area contributed by atoms with Gasteiger partial charge in [0.1, 0.15) is 0 Å². The van der Waals surface area contributed by atoms with Gasteiger partial charge in [0.2, 0.25) is 0 Å². The van der Waals surface area contributed by atoms with E-state index >= 15 is 0 Å². The van der Waals surface area contributed by atoms with Gasteiger partial charge in [0, 0.05) is 43.0 Å². The van der Waals surface area contributed by atoms with Gasteiger partial charge in [-0.15, -0.1) is 0 Å². The molecular weight excluding hydrogens is 466 g/mol. The first-order chi connectivity index (χ1) is 17.9. The molecule has 0 radical (unpaired) electrons. The molecule has 1 aromatic carbocycles. The molecule has 2 saturated carbocycles. The van der Waals surface area contributed by atoms with E-state index in [4.69, 9.17) is 4.74 Å². The summed E-state index contributed by atoms with van der Waals surface area (Å²) in [6.45, 7) is 3.17. The summed E-state index contributed by atoms with van der Waals surface area (Å²) in [6, 6.07) is 8.48. The number of piperidine rings is 1. The molecule has 7 nitrogen and oxygen atoms in total. The Morgan fingerprint density at radius 2 is 2.03 bits per heavy atom. The van der Waals surface area contributed by atoms with Crippen LogP contribution in [0.15, 0.2) is 36.7 Å². The minimum atomic E-state index is -0.940. The fourth-order valence-electron chi connectivity index (χ4n) is 8.17. The van der Waals surface area contributed by atoms with E-state index in [1.807, 2.05) is 24.5 Å². The van der Waals surface area contributed by atoms with Crippen LogP contribution in [0.5, 0.6) is 11.5 Å². The number of aliphatic hydroxyl groups is 1. The zero-order valence-corrected chi connectivity index (χ0v) is 21.6. The van der Waals surface area contributed by atoms with Gasteiger partial charge in [-0.3, -0.25) is 19.6 Å². The predicted octanol–water partition coefficient (Wildman–Crippen LogP) is 3.37. The Labute approximate surface area is 218 Å². The van der Waals surface area contributed by atoms with Crippen molar-refractivity contribution in [2.24, 2.45) is 5.92 Å². The highest BCUT2D eigenvalue weighted by Gasteiger charge is 2.73. The fraction of sp³-hybridized carbons (Fsp3) is 0.600. The van der Waals surface area contributed by atoms with Gasteiger partial charge in [0.25, 0.3) is 0 Å². The first-order valence-electron chi connectivity index (χ1n) is 14.0. The standard InChI is InChI=1S/C20H23NO4.C10H14N2/c22-13-4-3-12-9-15-20(24)6-5-14(23)18-19(20,16(12)17(13)25-18)7-8-21(15)10-11-1-2-11;1-12-7-3-5-10(12)9-4-2-6-11-8-9/h3-4,11,15,18,22,24H,1-2,5-10H2;2,4,6,8,10H,3,5,7H2,1H3/t15-,18+,19+,20-;10-/m10/s1. The topological polar surface area (TPSA) is 86.1 Å². The van der Waals surface area contributed by atoms with Crippen LogP contribution in [0.4, 0.5) is 0 Å². The van der Waals surface area contributed by atoms with Crippen molar-refractivity contribution in [1.82, 2.24) is 14.8 Å². The van der Waals surface area contributed by atoms with E-state index < -0.39 is 17.1 Å². The number of carbonyl (C=O) groups is 1. The van der Waals surface area contributed by atoms with Gasteiger partial charge >= 0.3 is 0 Å². The molecule has 4 fully saturated rings. The minimum absolute atomic E-state index is 0.0454. The van der Waals surface area contributed by atoms with Crippen molar-refractivity contribution in [1.29, 1.82) is 0 Å². The highest BCUT2D eigenvalue weighted by molar-refractivity contribution is 5.90. The summed E-state index contributed by atoms with van der Waals surface area (Å²) >= 11 is 0. The Kier molecular flexibility index (Phi) is 5.44. The van der Waals surface area contributed by atoms with Crippen LogP contribution in [0.3, 0.4) is 0 Å². The molecule has 1 aromatic heterocycles. The molecule has 4 heterocycles. The van der Waals surface area contributed by atoms with E-state index in [1.165, 1.54) is 37.8 Å². The molecule has 2 saturated heterocycles. The molecule has 2 bridgehead atoms. The lowest BCUT2D eigenvalue weighted by atomic mass is 9.49. The lowest BCUT2D eigenvalue weighted by Gasteiger charge is -2.62. The molecule has 1 spiro atoms. The number of aromatic hydroxyl groups is 1. The maximum absolute atomic E-state index is 12.7. The van der Waals surface area contributed by atoms with Crippen molar-refractivity contribution >= 4 is 5.78 Å². The van der Waals surface area contributed by atoms with Crippen LogP contribution in [0.25, 0.3) is 0 Å². The quantitative estimate of drug-likeness (QED) is 0.664. The first-order valence-corrected chi connectivity index (χ1v) is 14.0. The first kappa shape index (κ1) is 23.6. The van der Waals surface area contributed by atoms with Crippen LogP contribution < -0.4 is 4.74 Å². The molecule has 3 aliphatic carbocycles. The summed E-state index contributed by atoms with van der Waals surface area (Å²) < 4.78 is 6.04. The average molecular weight is 504 g/mol. The zero-order valence-electron chi connectivity index (χ0n) is 21.6. The molecule has 3 aliphatic heterocycles. The van der Waals surface area contributed by atoms with E-state index in [1.54, 1.807) is 6.07 Å². The van der Waals surface area contributed by atoms with E-state index in [0.29, 0.717) is 24.6 Å². The molecule has 5 atom stereocenters. The molecule has 37 heavy (non-hydrogen) atoms. The van der Waals surface area contributed by atoms with Crippen LogP contribution in [-0.2, 0) is 16.6 Å². The van der Waals surface area contributed by atoms with Crippen LogP contribution in [0, 0.1) is 5.92 Å². The number of benzene rings is 1. The highest BCUT2D eigenvalue weighted by atomic mass is 16.5. The van der Waals surface area contributed by atoms with Gasteiger partial charge in [-0.2, -0.15) is 0 Å². The average Bonchev–Trinajstić information content (AvgIpc) is 3.49. The molecule has 0 unspecified atom stereocenters. The summed E-state index contributed by atoms with van der Waals surface area (Å²) in [6.07, 6.45) is 10.7. The molecule has 196 valence electrons. The number of pyridine rings is 1. The summed E-state index contributed by atoms with van der Waals surface area (Å²) in [4.78, 5) is 21.7. The lowest BCUT2D eigenvalue weighted by molar-refractivity contribution is -0.188. The van der Waals surface area contributed by atoms with Crippen LogP contribution in [-0.4, -0.2) is 75.2 Å². The molecule has 2 N–H and O–H groups in total. The Hall–Kier alpha value is -2.48. The van der Waals surface area contributed by atoms with Gasteiger partial charge in [-0.05, 0) is 94.3 Å². The third kappa shape index (κ3) is 3.43. The van der Waals surface area contributed by atoms with Gasteiger partial charge < -0.3 is 14.9 Å². The van der Waals surface area contributed by atoms with E-state index in [0.717, 1.165) is 43.0 Å². The van der Waals surface area contributed by atoms with Crippen molar-refractivity contribution in [3.63, 3.8) is 0 Å². The second-order valence-electron chi connectivity index (χ2n) is 12.1. The van der Waals surface area contributed by atoms with Crippen molar-refractivity contribution < 1.29 is 19.7 Å². The molecule has 6 aliphatic rings. The number of aromatic nitrogens is 1. The molecule has 0 amide bonds. The number of nitrogens with zero attached hydrogens (tertiary/aromatic N) is 3. The third-order valence-electron chi connectivity index (χ3n) is 10.1. The SMILES string of the molecule is CN1CCC[C@H]1c1cccnc1.O=C1CC[C@@]2(O)[C@H]3Cc4ccc(O)c5c4[C@@]2(CCN3CC2CC2)[C@H]1O5. The van der Waals surface area contributed by atoms with Crippen molar-refractivity contribution in [3.05, 3.63) is 53.3 Å². The molecular formula is C30H37N3O4. The van der Waals surface area contributed by atoms with Gasteiger partial charge in [-0.1, -0.05) is 12.1 Å². The number of ether oxygens (including phenoxy) is 1. The monoisotopic (exact) mass is 503 g/mol. The number of likely N-dealkylation sites (tertiary alicyclic amines) is 2. The normalized spacial score (nSPS) is 35.9. The zero-order chi connectivity index (χ0) is 25.4. The smallest absolute Gasteiger partial charge is 0.174 e. The van der Waals surface area contributed by atoms with E-state index in [9.17, 15) is 15.0 Å². The van der Waals surface area contributed by atoms with Gasteiger partial charge in [-0.25, -0.2) is 0 Å². The number of Topliss-reactive ketones (excluding diaryl/α,β-unsaturated/α-hetero) is 1. The summed E-state index contributed by atoms with van der Waals surface area (Å²) in [7, 11) is 2.19. The summed E-state index contributed by atoms with van der Waals surface area (Å²) in [5.74, 6) is 1.39. The van der Waals surface area contributed by atoms with E-state index in [-0.39, 0.29) is 17.6 Å². The number of hydrogen-bond acceptors (Lipinski definition) is 7. The van der Waals surface area contributed by atoms with E-state index in [2.05, 4.69) is 27.9 Å².